The van der Waals surface area contributed by atoms with Gasteiger partial charge >= 0.3 is 5.51 Å². The van der Waals surface area contributed by atoms with Crippen LogP contribution in [0.3, 0.4) is 0 Å². The standard InChI is InChI=1S/C18H17F3N2O3S2/c1-4-27-14-7-10(17(24-2)25-3)9-22-15(14)16-23-12-8-11(28-18(19,20)21)5-6-13(12)26-16/h5-9,17H,4H2,1-3H3. The molecule has 0 aliphatic heterocycles. The van der Waals surface area contributed by atoms with Gasteiger partial charge in [-0.1, -0.05) is 6.92 Å². The van der Waals surface area contributed by atoms with E-state index in [9.17, 15) is 13.2 Å². The van der Waals surface area contributed by atoms with E-state index in [1.807, 2.05) is 13.0 Å². The fourth-order valence-electron chi connectivity index (χ4n) is 2.59. The van der Waals surface area contributed by atoms with Crippen LogP contribution in [0.5, 0.6) is 0 Å². The quantitative estimate of drug-likeness (QED) is 0.341. The number of alkyl halides is 3. The SMILES string of the molecule is CCSc1cc(C(OC)OC)cnc1-c1nc2cc(SC(F)(F)F)ccc2o1. The molecule has 0 N–H and O–H groups in total. The summed E-state index contributed by atoms with van der Waals surface area (Å²) in [5.74, 6) is 1.04. The molecule has 28 heavy (non-hydrogen) atoms. The molecule has 0 atom stereocenters. The predicted molar refractivity (Wildman–Crippen MR) is 102 cm³/mol. The number of ether oxygens (including phenoxy) is 2. The van der Waals surface area contributed by atoms with Crippen LogP contribution in [0.15, 0.2) is 44.7 Å². The number of hydrogen-bond donors (Lipinski definition) is 0. The van der Waals surface area contributed by atoms with Crippen molar-refractivity contribution in [3.05, 3.63) is 36.0 Å². The van der Waals surface area contributed by atoms with Crippen LogP contribution < -0.4 is 0 Å². The van der Waals surface area contributed by atoms with Gasteiger partial charge in [0.2, 0.25) is 5.89 Å². The number of pyridine rings is 1. The second-order valence-electron chi connectivity index (χ2n) is 5.55. The summed E-state index contributed by atoms with van der Waals surface area (Å²) >= 11 is 1.36. The van der Waals surface area contributed by atoms with Crippen LogP contribution in [0.1, 0.15) is 18.8 Å². The first kappa shape index (κ1) is 21.0. The Bertz CT molecular complexity index is 959. The fraction of sp³-hybridized carbons (Fsp3) is 0.333. The maximum absolute atomic E-state index is 12.6. The number of aromatic nitrogens is 2. The van der Waals surface area contributed by atoms with E-state index in [-0.39, 0.29) is 22.5 Å². The van der Waals surface area contributed by atoms with Gasteiger partial charge in [0.05, 0.1) is 0 Å². The van der Waals surface area contributed by atoms with E-state index in [1.165, 1.54) is 32.4 Å². The molecule has 3 aromatic rings. The van der Waals surface area contributed by atoms with Crippen molar-refractivity contribution in [2.75, 3.05) is 20.0 Å². The van der Waals surface area contributed by atoms with Crippen LogP contribution in [0.25, 0.3) is 22.7 Å². The van der Waals surface area contributed by atoms with E-state index in [0.29, 0.717) is 16.8 Å². The highest BCUT2D eigenvalue weighted by molar-refractivity contribution is 8.00. The first-order chi connectivity index (χ1) is 13.3. The zero-order valence-electron chi connectivity index (χ0n) is 15.2. The van der Waals surface area contributed by atoms with Gasteiger partial charge in [0.25, 0.3) is 0 Å². The third-order valence-electron chi connectivity index (χ3n) is 3.67. The highest BCUT2D eigenvalue weighted by Crippen LogP contribution is 2.39. The third kappa shape index (κ3) is 4.80. The summed E-state index contributed by atoms with van der Waals surface area (Å²) in [5, 5.41) is 0. The fourth-order valence-corrected chi connectivity index (χ4v) is 3.97. The highest BCUT2D eigenvalue weighted by atomic mass is 32.2. The average Bonchev–Trinajstić information content (AvgIpc) is 3.05. The van der Waals surface area contributed by atoms with Crippen LogP contribution in [-0.4, -0.2) is 35.4 Å². The first-order valence-corrected chi connectivity index (χ1v) is 10.00. The summed E-state index contributed by atoms with van der Waals surface area (Å²) < 4.78 is 54.1. The van der Waals surface area contributed by atoms with E-state index in [1.54, 1.807) is 18.0 Å². The van der Waals surface area contributed by atoms with E-state index < -0.39 is 11.8 Å². The molecule has 0 unspecified atom stereocenters. The summed E-state index contributed by atoms with van der Waals surface area (Å²) in [6.07, 6.45) is 1.05. The molecule has 5 nitrogen and oxygen atoms in total. The third-order valence-corrected chi connectivity index (χ3v) is 5.30. The van der Waals surface area contributed by atoms with Gasteiger partial charge in [0.1, 0.15) is 11.2 Å². The number of hydrogen-bond acceptors (Lipinski definition) is 7. The lowest BCUT2D eigenvalue weighted by molar-refractivity contribution is -0.106. The van der Waals surface area contributed by atoms with Gasteiger partial charge < -0.3 is 13.9 Å². The molecule has 2 heterocycles. The molecule has 0 amide bonds. The number of fused-ring (bicyclic) bond motifs is 1. The maximum atomic E-state index is 12.6. The monoisotopic (exact) mass is 430 g/mol. The van der Waals surface area contributed by atoms with E-state index >= 15 is 0 Å². The van der Waals surface area contributed by atoms with Crippen LogP contribution in [0.4, 0.5) is 13.2 Å². The molecule has 10 heteroatoms. The Morgan fingerprint density at radius 3 is 2.57 bits per heavy atom. The molecule has 0 saturated carbocycles. The van der Waals surface area contributed by atoms with Gasteiger partial charge in [-0.05, 0) is 41.8 Å². The Morgan fingerprint density at radius 1 is 1.18 bits per heavy atom. The molecule has 0 fully saturated rings. The molecule has 3 rings (SSSR count). The van der Waals surface area contributed by atoms with Crippen molar-refractivity contribution in [2.24, 2.45) is 0 Å². The molecule has 2 aromatic heterocycles. The molecule has 150 valence electrons. The molecule has 0 saturated heterocycles. The smallest absolute Gasteiger partial charge is 0.435 e. The normalized spacial score (nSPS) is 12.2. The lowest BCUT2D eigenvalue weighted by Crippen LogP contribution is -2.05. The van der Waals surface area contributed by atoms with E-state index in [0.717, 1.165) is 16.2 Å². The van der Waals surface area contributed by atoms with Crippen LogP contribution >= 0.6 is 23.5 Å². The molecular formula is C18H17F3N2O3S2. The van der Waals surface area contributed by atoms with Gasteiger partial charge in [-0.2, -0.15) is 13.2 Å². The average molecular weight is 430 g/mol. The largest absolute Gasteiger partial charge is 0.446 e. The Balaban J connectivity index is 2.00. The second-order valence-corrected chi connectivity index (χ2v) is 7.99. The zero-order chi connectivity index (χ0) is 20.3. The summed E-state index contributed by atoms with van der Waals surface area (Å²) in [4.78, 5) is 9.65. The molecule has 0 radical (unpaired) electrons. The van der Waals surface area contributed by atoms with Crippen molar-refractivity contribution in [3.8, 4) is 11.6 Å². The molecule has 0 aliphatic carbocycles. The van der Waals surface area contributed by atoms with Gasteiger partial charge in [-0.15, -0.1) is 11.8 Å². The van der Waals surface area contributed by atoms with Crippen molar-refractivity contribution < 1.29 is 27.1 Å². The number of thioether (sulfide) groups is 2. The van der Waals surface area contributed by atoms with Crippen LogP contribution in [0.2, 0.25) is 0 Å². The van der Waals surface area contributed by atoms with E-state index in [2.05, 4.69) is 9.97 Å². The summed E-state index contributed by atoms with van der Waals surface area (Å²) in [6.45, 7) is 2.00. The zero-order valence-corrected chi connectivity index (χ0v) is 16.9. The Hall–Kier alpha value is -1.75. The van der Waals surface area contributed by atoms with Gasteiger partial charge in [-0.3, -0.25) is 0 Å². The summed E-state index contributed by atoms with van der Waals surface area (Å²) in [7, 11) is 3.07. The number of nitrogens with zero attached hydrogens (tertiary/aromatic N) is 2. The topological polar surface area (TPSA) is 57.4 Å². The number of rotatable bonds is 7. The first-order valence-electron chi connectivity index (χ1n) is 8.19. The summed E-state index contributed by atoms with van der Waals surface area (Å²) in [6, 6.07) is 6.07. The molecule has 0 aliphatic rings. The number of benzene rings is 1. The van der Waals surface area contributed by atoms with E-state index in [4.69, 9.17) is 13.9 Å². The number of methoxy groups -OCH3 is 2. The molecular weight excluding hydrogens is 413 g/mol. The van der Waals surface area contributed by atoms with Crippen LogP contribution in [-0.2, 0) is 9.47 Å². The predicted octanol–water partition coefficient (Wildman–Crippen LogP) is 5.91. The van der Waals surface area contributed by atoms with Gasteiger partial charge in [-0.25, -0.2) is 9.97 Å². The number of halogens is 3. The number of oxazole rings is 1. The van der Waals surface area contributed by atoms with Crippen LogP contribution in [0, 0.1) is 0 Å². The van der Waals surface area contributed by atoms with Crippen molar-refractivity contribution in [2.45, 2.75) is 28.5 Å². The van der Waals surface area contributed by atoms with Gasteiger partial charge in [0.15, 0.2) is 11.9 Å². The summed E-state index contributed by atoms with van der Waals surface area (Å²) in [5.41, 5.74) is -2.37. The minimum atomic E-state index is -4.36. The lowest BCUT2D eigenvalue weighted by Gasteiger charge is -2.15. The highest BCUT2D eigenvalue weighted by Gasteiger charge is 2.29. The maximum Gasteiger partial charge on any atom is 0.446 e. The Labute approximate surface area is 168 Å². The molecule has 0 bridgehead atoms. The van der Waals surface area contributed by atoms with Crippen molar-refractivity contribution in [1.82, 2.24) is 9.97 Å². The van der Waals surface area contributed by atoms with Crippen molar-refractivity contribution in [3.63, 3.8) is 0 Å². The van der Waals surface area contributed by atoms with Gasteiger partial charge in [0, 0.05) is 35.8 Å². The lowest BCUT2D eigenvalue weighted by atomic mass is 10.2. The van der Waals surface area contributed by atoms with Crippen molar-refractivity contribution in [1.29, 1.82) is 0 Å². The molecule has 0 spiro atoms. The Morgan fingerprint density at radius 2 is 1.93 bits per heavy atom. The minimum absolute atomic E-state index is 0.0503. The minimum Gasteiger partial charge on any atom is -0.435 e. The molecule has 1 aromatic carbocycles. The second kappa shape index (κ2) is 8.73. The Kier molecular flexibility index (Phi) is 6.54. The van der Waals surface area contributed by atoms with Crippen molar-refractivity contribution >= 4 is 34.6 Å².